The Morgan fingerprint density at radius 1 is 1.41 bits per heavy atom. The van der Waals surface area contributed by atoms with Crippen molar-refractivity contribution < 1.29 is 4.74 Å². The van der Waals surface area contributed by atoms with Gasteiger partial charge in [0.2, 0.25) is 0 Å². The average molecular weight is 233 g/mol. The summed E-state index contributed by atoms with van der Waals surface area (Å²) in [6, 6.07) is 0. The molecule has 0 atom stereocenters. The lowest BCUT2D eigenvalue weighted by Gasteiger charge is -2.38. The number of rotatable bonds is 1. The molecule has 2 aromatic rings. The first-order chi connectivity index (χ1) is 8.16. The Morgan fingerprint density at radius 2 is 2.29 bits per heavy atom. The van der Waals surface area contributed by atoms with E-state index in [0.717, 1.165) is 36.5 Å². The van der Waals surface area contributed by atoms with Crippen molar-refractivity contribution in [2.45, 2.75) is 19.4 Å². The summed E-state index contributed by atoms with van der Waals surface area (Å²) < 4.78 is 5.70. The maximum Gasteiger partial charge on any atom is 0.160 e. The molecule has 0 saturated carbocycles. The first-order valence-corrected chi connectivity index (χ1v) is 5.69. The lowest BCUT2D eigenvalue weighted by atomic mass is 10.1. The van der Waals surface area contributed by atoms with Gasteiger partial charge < -0.3 is 9.64 Å². The van der Waals surface area contributed by atoms with Crippen LogP contribution < -0.4 is 4.90 Å². The summed E-state index contributed by atoms with van der Waals surface area (Å²) in [4.78, 5) is 10.7. The lowest BCUT2D eigenvalue weighted by molar-refractivity contribution is -0.0278. The Hall–Kier alpha value is -1.69. The van der Waals surface area contributed by atoms with Gasteiger partial charge in [0.1, 0.15) is 12.1 Å². The van der Waals surface area contributed by atoms with E-state index < -0.39 is 0 Å². The van der Waals surface area contributed by atoms with E-state index in [1.165, 1.54) is 0 Å². The fraction of sp³-hybridized carbons (Fsp3) is 0.545. The van der Waals surface area contributed by atoms with Crippen LogP contribution in [0, 0.1) is 0 Å². The van der Waals surface area contributed by atoms with E-state index in [2.05, 4.69) is 38.9 Å². The van der Waals surface area contributed by atoms with Crippen molar-refractivity contribution in [1.82, 2.24) is 20.2 Å². The molecule has 90 valence electrons. The van der Waals surface area contributed by atoms with Crippen molar-refractivity contribution in [2.75, 3.05) is 24.6 Å². The standard InChI is InChI=1S/C11H15N5O/c1-11(2)6-16(3-4-17-11)10-8-5-14-15-9(8)12-7-13-10/h5,7H,3-4,6H2,1-2H3,(H,12,13,14,15). The van der Waals surface area contributed by atoms with Gasteiger partial charge in [-0.2, -0.15) is 5.10 Å². The zero-order chi connectivity index (χ0) is 11.9. The molecule has 0 spiro atoms. The summed E-state index contributed by atoms with van der Waals surface area (Å²) in [6.45, 7) is 6.57. The Kier molecular flexibility index (Phi) is 2.25. The molecule has 3 rings (SSSR count). The van der Waals surface area contributed by atoms with Gasteiger partial charge in [-0.05, 0) is 13.8 Å². The number of anilines is 1. The second kappa shape index (κ2) is 3.66. The van der Waals surface area contributed by atoms with Gasteiger partial charge in [-0.25, -0.2) is 9.97 Å². The number of fused-ring (bicyclic) bond motifs is 1. The monoisotopic (exact) mass is 233 g/mol. The molecule has 17 heavy (non-hydrogen) atoms. The van der Waals surface area contributed by atoms with Crippen molar-refractivity contribution in [1.29, 1.82) is 0 Å². The zero-order valence-corrected chi connectivity index (χ0v) is 9.97. The van der Waals surface area contributed by atoms with Crippen LogP contribution in [-0.2, 0) is 4.74 Å². The highest BCUT2D eigenvalue weighted by molar-refractivity contribution is 5.86. The van der Waals surface area contributed by atoms with E-state index >= 15 is 0 Å². The van der Waals surface area contributed by atoms with Crippen molar-refractivity contribution in [3.05, 3.63) is 12.5 Å². The molecule has 1 saturated heterocycles. The predicted octanol–water partition coefficient (Wildman–Crippen LogP) is 0.968. The number of morpholine rings is 1. The zero-order valence-electron chi connectivity index (χ0n) is 9.97. The summed E-state index contributed by atoms with van der Waals surface area (Å²) in [7, 11) is 0. The molecule has 6 nitrogen and oxygen atoms in total. The Bertz CT molecular complexity index is 535. The van der Waals surface area contributed by atoms with E-state index in [-0.39, 0.29) is 5.60 Å². The fourth-order valence-corrected chi connectivity index (χ4v) is 2.20. The van der Waals surface area contributed by atoms with Crippen LogP contribution in [-0.4, -0.2) is 45.5 Å². The third-order valence-corrected chi connectivity index (χ3v) is 2.95. The minimum Gasteiger partial charge on any atom is -0.372 e. The van der Waals surface area contributed by atoms with Crippen LogP contribution in [0.15, 0.2) is 12.5 Å². The molecule has 0 aromatic carbocycles. The molecule has 0 amide bonds. The van der Waals surface area contributed by atoms with Gasteiger partial charge in [0.05, 0.1) is 23.8 Å². The number of hydrogen-bond donors (Lipinski definition) is 1. The molecule has 2 aromatic heterocycles. The fourth-order valence-electron chi connectivity index (χ4n) is 2.20. The summed E-state index contributed by atoms with van der Waals surface area (Å²) in [5, 5.41) is 7.83. The van der Waals surface area contributed by atoms with Gasteiger partial charge in [0.15, 0.2) is 5.65 Å². The maximum absolute atomic E-state index is 5.70. The van der Waals surface area contributed by atoms with Crippen LogP contribution in [0.25, 0.3) is 11.0 Å². The van der Waals surface area contributed by atoms with Crippen molar-refractivity contribution >= 4 is 16.9 Å². The minimum atomic E-state index is -0.140. The van der Waals surface area contributed by atoms with Gasteiger partial charge in [-0.3, -0.25) is 5.10 Å². The average Bonchev–Trinajstić information content (AvgIpc) is 2.75. The number of nitrogens with one attached hydrogen (secondary N) is 1. The quantitative estimate of drug-likeness (QED) is 0.795. The van der Waals surface area contributed by atoms with Gasteiger partial charge in [-0.15, -0.1) is 0 Å². The van der Waals surface area contributed by atoms with Gasteiger partial charge in [-0.1, -0.05) is 0 Å². The number of aromatic nitrogens is 4. The molecular formula is C11H15N5O. The third-order valence-electron chi connectivity index (χ3n) is 2.95. The Labute approximate surface area is 99.0 Å². The predicted molar refractivity (Wildman–Crippen MR) is 63.9 cm³/mol. The molecule has 1 fully saturated rings. The SMILES string of the molecule is CC1(C)CN(c2ncnc3[nH]ncc23)CCO1. The van der Waals surface area contributed by atoms with Crippen molar-refractivity contribution in [2.24, 2.45) is 0 Å². The highest BCUT2D eigenvalue weighted by Gasteiger charge is 2.28. The van der Waals surface area contributed by atoms with Crippen LogP contribution in [0.3, 0.4) is 0 Å². The van der Waals surface area contributed by atoms with Crippen molar-refractivity contribution in [3.63, 3.8) is 0 Å². The summed E-state index contributed by atoms with van der Waals surface area (Å²) in [5.41, 5.74) is 0.638. The molecule has 0 unspecified atom stereocenters. The molecule has 3 heterocycles. The van der Waals surface area contributed by atoms with E-state index in [9.17, 15) is 0 Å². The molecule has 0 bridgehead atoms. The van der Waals surface area contributed by atoms with Crippen LogP contribution >= 0.6 is 0 Å². The highest BCUT2D eigenvalue weighted by atomic mass is 16.5. The number of H-pyrrole nitrogens is 1. The van der Waals surface area contributed by atoms with Gasteiger partial charge in [0, 0.05) is 13.1 Å². The van der Waals surface area contributed by atoms with Crippen LogP contribution in [0.4, 0.5) is 5.82 Å². The third kappa shape index (κ3) is 1.84. The number of aromatic amines is 1. The molecule has 0 aliphatic carbocycles. The van der Waals surface area contributed by atoms with Crippen molar-refractivity contribution in [3.8, 4) is 0 Å². The van der Waals surface area contributed by atoms with Crippen LogP contribution in [0.1, 0.15) is 13.8 Å². The second-order valence-electron chi connectivity index (χ2n) is 4.86. The Balaban J connectivity index is 2.00. The first-order valence-electron chi connectivity index (χ1n) is 5.69. The van der Waals surface area contributed by atoms with Gasteiger partial charge in [0.25, 0.3) is 0 Å². The van der Waals surface area contributed by atoms with Crippen LogP contribution in [0.2, 0.25) is 0 Å². The van der Waals surface area contributed by atoms with Crippen LogP contribution in [0.5, 0.6) is 0 Å². The van der Waals surface area contributed by atoms with E-state index in [1.807, 2.05) is 0 Å². The summed E-state index contributed by atoms with van der Waals surface area (Å²) in [6.07, 6.45) is 3.34. The van der Waals surface area contributed by atoms with E-state index in [0.29, 0.717) is 0 Å². The number of nitrogens with zero attached hydrogens (tertiary/aromatic N) is 4. The lowest BCUT2D eigenvalue weighted by Crippen LogP contribution is -2.48. The topological polar surface area (TPSA) is 66.9 Å². The highest BCUT2D eigenvalue weighted by Crippen LogP contribution is 2.25. The number of ether oxygens (including phenoxy) is 1. The minimum absolute atomic E-state index is 0.140. The van der Waals surface area contributed by atoms with E-state index in [4.69, 9.17) is 4.74 Å². The molecule has 1 N–H and O–H groups in total. The maximum atomic E-state index is 5.70. The molecule has 1 aliphatic rings. The molecule has 6 heteroatoms. The normalized spacial score (nSPS) is 19.8. The second-order valence-corrected chi connectivity index (χ2v) is 4.86. The molecule has 0 radical (unpaired) electrons. The molecular weight excluding hydrogens is 218 g/mol. The van der Waals surface area contributed by atoms with Gasteiger partial charge >= 0.3 is 0 Å². The summed E-state index contributed by atoms with van der Waals surface area (Å²) in [5.74, 6) is 0.931. The largest absolute Gasteiger partial charge is 0.372 e. The smallest absolute Gasteiger partial charge is 0.160 e. The van der Waals surface area contributed by atoms with E-state index in [1.54, 1.807) is 12.5 Å². The first kappa shape index (κ1) is 10.5. The molecule has 1 aliphatic heterocycles. The number of hydrogen-bond acceptors (Lipinski definition) is 5. The Morgan fingerprint density at radius 3 is 3.12 bits per heavy atom. The summed E-state index contributed by atoms with van der Waals surface area (Å²) >= 11 is 0.